The molecule has 1 aromatic heterocycles. The van der Waals surface area contributed by atoms with Crippen LogP contribution in [0, 0.1) is 0 Å². The highest BCUT2D eigenvalue weighted by Gasteiger charge is 2.43. The second-order valence-corrected chi connectivity index (χ2v) is 6.05. The van der Waals surface area contributed by atoms with E-state index in [0.29, 0.717) is 0 Å². The minimum Gasteiger partial charge on any atom is -0.390 e. The summed E-state index contributed by atoms with van der Waals surface area (Å²) in [6, 6.07) is 0. The van der Waals surface area contributed by atoms with Gasteiger partial charge in [0, 0.05) is 44.5 Å². The first kappa shape index (κ1) is 14.0. The van der Waals surface area contributed by atoms with E-state index in [1.54, 1.807) is 0 Å². The average molecular weight is 279 g/mol. The molecule has 5 nitrogen and oxygen atoms in total. The molecule has 1 aromatic rings. The zero-order valence-corrected chi connectivity index (χ0v) is 12.3. The Kier molecular flexibility index (Phi) is 4.10. The van der Waals surface area contributed by atoms with Gasteiger partial charge in [0.1, 0.15) is 0 Å². The number of aliphatic hydroxyl groups excluding tert-OH is 1. The summed E-state index contributed by atoms with van der Waals surface area (Å²) in [5.74, 6) is 0. The minimum atomic E-state index is -0.277. The first-order valence-electron chi connectivity index (χ1n) is 7.77. The largest absolute Gasteiger partial charge is 0.390 e. The summed E-state index contributed by atoms with van der Waals surface area (Å²) in [5.41, 5.74) is 1.01. The average Bonchev–Trinajstić information content (AvgIpc) is 2.92. The fourth-order valence-corrected chi connectivity index (χ4v) is 3.40. The molecule has 2 fully saturated rings. The van der Waals surface area contributed by atoms with Crippen molar-refractivity contribution in [2.75, 3.05) is 19.7 Å². The molecule has 1 N–H and O–H groups in total. The van der Waals surface area contributed by atoms with Crippen molar-refractivity contribution in [1.29, 1.82) is 0 Å². The Balaban J connectivity index is 1.55. The molecule has 0 saturated carbocycles. The fraction of sp³-hybridized carbons (Fsp3) is 0.800. The van der Waals surface area contributed by atoms with Crippen molar-refractivity contribution in [3.63, 3.8) is 0 Å². The SMILES string of the molecule is CCn1cc(CN2CCC3(CC2)OCCC[C@H]3O)cn1. The van der Waals surface area contributed by atoms with Gasteiger partial charge in [0.25, 0.3) is 0 Å². The lowest BCUT2D eigenvalue weighted by Crippen LogP contribution is -2.55. The molecule has 0 bridgehead atoms. The predicted molar refractivity (Wildman–Crippen MR) is 76.3 cm³/mol. The molecule has 1 atom stereocenters. The molecule has 2 saturated heterocycles. The maximum absolute atomic E-state index is 10.2. The summed E-state index contributed by atoms with van der Waals surface area (Å²) < 4.78 is 7.91. The first-order chi connectivity index (χ1) is 9.72. The summed E-state index contributed by atoms with van der Waals surface area (Å²) in [5, 5.41) is 14.6. The molecule has 0 aliphatic carbocycles. The summed E-state index contributed by atoms with van der Waals surface area (Å²) in [7, 11) is 0. The van der Waals surface area contributed by atoms with E-state index in [1.165, 1.54) is 5.56 Å². The summed E-state index contributed by atoms with van der Waals surface area (Å²) >= 11 is 0. The number of piperidine rings is 1. The van der Waals surface area contributed by atoms with E-state index in [2.05, 4.69) is 23.1 Å². The number of rotatable bonds is 3. The molecule has 0 amide bonds. The Hall–Kier alpha value is -0.910. The Morgan fingerprint density at radius 2 is 2.25 bits per heavy atom. The maximum atomic E-state index is 10.2. The topological polar surface area (TPSA) is 50.5 Å². The van der Waals surface area contributed by atoms with Crippen LogP contribution in [0.15, 0.2) is 12.4 Å². The van der Waals surface area contributed by atoms with Crippen LogP contribution >= 0.6 is 0 Å². The lowest BCUT2D eigenvalue weighted by atomic mass is 9.82. The highest BCUT2D eigenvalue weighted by molar-refractivity contribution is 5.05. The Morgan fingerprint density at radius 1 is 1.45 bits per heavy atom. The molecule has 20 heavy (non-hydrogen) atoms. The number of likely N-dealkylation sites (tertiary alicyclic amines) is 1. The Morgan fingerprint density at radius 3 is 2.90 bits per heavy atom. The molecule has 0 unspecified atom stereocenters. The third-order valence-electron chi connectivity index (χ3n) is 4.74. The normalized spacial score (nSPS) is 27.0. The van der Waals surface area contributed by atoms with Crippen molar-refractivity contribution in [2.24, 2.45) is 0 Å². The number of hydrogen-bond donors (Lipinski definition) is 1. The van der Waals surface area contributed by atoms with Gasteiger partial charge in [-0.3, -0.25) is 9.58 Å². The number of nitrogens with zero attached hydrogens (tertiary/aromatic N) is 3. The molecule has 5 heteroatoms. The third-order valence-corrected chi connectivity index (χ3v) is 4.74. The van der Waals surface area contributed by atoms with Crippen molar-refractivity contribution in [2.45, 2.75) is 57.4 Å². The van der Waals surface area contributed by atoms with E-state index in [1.807, 2.05) is 10.9 Å². The van der Waals surface area contributed by atoms with Gasteiger partial charge in [-0.25, -0.2) is 0 Å². The van der Waals surface area contributed by atoms with Crippen molar-refractivity contribution in [3.05, 3.63) is 18.0 Å². The molecule has 2 aliphatic heterocycles. The van der Waals surface area contributed by atoms with Crippen LogP contribution in [-0.4, -0.2) is 51.2 Å². The van der Waals surface area contributed by atoms with Crippen LogP contribution in [0.3, 0.4) is 0 Å². The van der Waals surface area contributed by atoms with Crippen LogP contribution < -0.4 is 0 Å². The van der Waals surface area contributed by atoms with Crippen molar-refractivity contribution in [1.82, 2.24) is 14.7 Å². The lowest BCUT2D eigenvalue weighted by Gasteiger charge is -2.46. The van der Waals surface area contributed by atoms with E-state index in [0.717, 1.165) is 58.5 Å². The standard InChI is InChI=1S/C15H25N3O2/c1-2-18-12-13(10-16-18)11-17-7-5-15(6-8-17)14(19)4-3-9-20-15/h10,12,14,19H,2-9,11H2,1H3/t14-/m1/s1. The number of ether oxygens (including phenoxy) is 1. The van der Waals surface area contributed by atoms with Crippen LogP contribution in [0.25, 0.3) is 0 Å². The van der Waals surface area contributed by atoms with Gasteiger partial charge >= 0.3 is 0 Å². The monoisotopic (exact) mass is 279 g/mol. The van der Waals surface area contributed by atoms with Gasteiger partial charge in [0.05, 0.1) is 17.9 Å². The fourth-order valence-electron chi connectivity index (χ4n) is 3.40. The quantitative estimate of drug-likeness (QED) is 0.909. The number of hydrogen-bond acceptors (Lipinski definition) is 4. The smallest absolute Gasteiger partial charge is 0.0964 e. The molecular formula is C15H25N3O2. The minimum absolute atomic E-state index is 0.262. The van der Waals surface area contributed by atoms with E-state index in [-0.39, 0.29) is 11.7 Å². The van der Waals surface area contributed by atoms with Crippen molar-refractivity contribution in [3.8, 4) is 0 Å². The zero-order valence-electron chi connectivity index (χ0n) is 12.3. The summed E-state index contributed by atoms with van der Waals surface area (Å²) in [6.45, 7) is 6.77. The third kappa shape index (κ3) is 2.75. The first-order valence-corrected chi connectivity index (χ1v) is 7.77. The van der Waals surface area contributed by atoms with E-state index in [9.17, 15) is 5.11 Å². The van der Waals surface area contributed by atoms with Gasteiger partial charge in [0.2, 0.25) is 0 Å². The molecule has 0 aromatic carbocycles. The Labute approximate surface area is 120 Å². The second kappa shape index (κ2) is 5.84. The number of aryl methyl sites for hydroxylation is 1. The molecule has 2 aliphatic rings. The molecule has 3 rings (SSSR count). The van der Waals surface area contributed by atoms with Crippen LogP contribution in [0.2, 0.25) is 0 Å². The molecular weight excluding hydrogens is 254 g/mol. The Bertz CT molecular complexity index is 438. The molecule has 3 heterocycles. The number of aromatic nitrogens is 2. The highest BCUT2D eigenvalue weighted by Crippen LogP contribution is 2.35. The van der Waals surface area contributed by atoms with Crippen molar-refractivity contribution < 1.29 is 9.84 Å². The van der Waals surface area contributed by atoms with Gasteiger partial charge < -0.3 is 9.84 Å². The second-order valence-electron chi connectivity index (χ2n) is 6.05. The van der Waals surface area contributed by atoms with Crippen LogP contribution in [0.1, 0.15) is 38.2 Å². The van der Waals surface area contributed by atoms with E-state index >= 15 is 0 Å². The van der Waals surface area contributed by atoms with Gasteiger partial charge in [-0.15, -0.1) is 0 Å². The van der Waals surface area contributed by atoms with Gasteiger partial charge in [-0.2, -0.15) is 5.10 Å². The predicted octanol–water partition coefficient (Wildman–Crippen LogP) is 1.41. The van der Waals surface area contributed by atoms with E-state index < -0.39 is 0 Å². The van der Waals surface area contributed by atoms with Crippen LogP contribution in [-0.2, 0) is 17.8 Å². The van der Waals surface area contributed by atoms with Gasteiger partial charge in [-0.1, -0.05) is 0 Å². The summed E-state index contributed by atoms with van der Waals surface area (Å²) in [6.07, 6.45) is 7.57. The van der Waals surface area contributed by atoms with Gasteiger partial charge in [0.15, 0.2) is 0 Å². The van der Waals surface area contributed by atoms with Crippen molar-refractivity contribution >= 4 is 0 Å². The zero-order chi connectivity index (χ0) is 14.0. The van der Waals surface area contributed by atoms with Gasteiger partial charge in [-0.05, 0) is 32.6 Å². The van der Waals surface area contributed by atoms with E-state index in [4.69, 9.17) is 4.74 Å². The molecule has 0 radical (unpaired) electrons. The maximum Gasteiger partial charge on any atom is 0.0964 e. The molecule has 1 spiro atoms. The summed E-state index contributed by atoms with van der Waals surface area (Å²) in [4.78, 5) is 2.44. The lowest BCUT2D eigenvalue weighted by molar-refractivity contribution is -0.177. The van der Waals surface area contributed by atoms with Crippen LogP contribution in [0.4, 0.5) is 0 Å². The van der Waals surface area contributed by atoms with Crippen LogP contribution in [0.5, 0.6) is 0 Å². The molecule has 112 valence electrons. The number of aliphatic hydroxyl groups is 1. The highest BCUT2D eigenvalue weighted by atomic mass is 16.5.